The summed E-state index contributed by atoms with van der Waals surface area (Å²) in [7, 11) is -0.878. The topological polar surface area (TPSA) is 49.4 Å². The highest BCUT2D eigenvalue weighted by Gasteiger charge is 2.31. The molecule has 0 bridgehead atoms. The number of hydrogen-bond donors (Lipinski definition) is 1. The lowest BCUT2D eigenvalue weighted by atomic mass is 10.1. The minimum atomic E-state index is -2.85. The molecule has 1 aliphatic rings. The molecule has 1 aromatic carbocycles. The van der Waals surface area contributed by atoms with E-state index in [0.29, 0.717) is 12.2 Å². The lowest BCUT2D eigenvalue weighted by molar-refractivity contribution is 0.596. The molecular formula is C15H23BrN2O2S. The van der Waals surface area contributed by atoms with Crippen molar-refractivity contribution in [2.45, 2.75) is 32.4 Å². The zero-order chi connectivity index (χ0) is 15.6. The summed E-state index contributed by atoms with van der Waals surface area (Å²) >= 11 is 3.63. The summed E-state index contributed by atoms with van der Waals surface area (Å²) < 4.78 is 24.3. The van der Waals surface area contributed by atoms with E-state index in [4.69, 9.17) is 0 Å². The maximum Gasteiger partial charge on any atom is 0.152 e. The van der Waals surface area contributed by atoms with Crippen LogP contribution in [-0.4, -0.2) is 39.6 Å². The Labute approximate surface area is 136 Å². The fraction of sp³-hybridized carbons (Fsp3) is 0.600. The second kappa shape index (κ2) is 6.67. The van der Waals surface area contributed by atoms with Crippen molar-refractivity contribution in [3.8, 4) is 0 Å². The third-order valence-electron chi connectivity index (χ3n) is 4.12. The van der Waals surface area contributed by atoms with Gasteiger partial charge in [-0.3, -0.25) is 0 Å². The number of nitrogens with zero attached hydrogens (tertiary/aromatic N) is 1. The van der Waals surface area contributed by atoms with Crippen LogP contribution in [0, 0.1) is 0 Å². The van der Waals surface area contributed by atoms with Crippen LogP contribution < -0.4 is 10.2 Å². The number of benzene rings is 1. The van der Waals surface area contributed by atoms with E-state index in [9.17, 15) is 8.42 Å². The van der Waals surface area contributed by atoms with Gasteiger partial charge in [0.15, 0.2) is 9.84 Å². The van der Waals surface area contributed by atoms with Crippen molar-refractivity contribution in [3.05, 3.63) is 28.2 Å². The monoisotopic (exact) mass is 374 g/mol. The molecule has 0 amide bonds. The molecule has 2 atom stereocenters. The van der Waals surface area contributed by atoms with E-state index in [0.717, 1.165) is 16.7 Å². The van der Waals surface area contributed by atoms with Gasteiger partial charge < -0.3 is 10.2 Å². The molecule has 1 aromatic rings. The van der Waals surface area contributed by atoms with E-state index in [2.05, 4.69) is 58.2 Å². The molecule has 0 spiro atoms. The van der Waals surface area contributed by atoms with E-state index in [-0.39, 0.29) is 17.8 Å². The number of halogens is 1. The predicted molar refractivity (Wildman–Crippen MR) is 91.7 cm³/mol. The molecule has 21 heavy (non-hydrogen) atoms. The Morgan fingerprint density at radius 3 is 2.71 bits per heavy atom. The van der Waals surface area contributed by atoms with Gasteiger partial charge in [-0.05, 0) is 37.6 Å². The van der Waals surface area contributed by atoms with E-state index >= 15 is 0 Å². The summed E-state index contributed by atoms with van der Waals surface area (Å²) in [5, 5.41) is 3.39. The number of nitrogens with one attached hydrogen (secondary N) is 1. The van der Waals surface area contributed by atoms with E-state index in [1.54, 1.807) is 0 Å². The van der Waals surface area contributed by atoms with Crippen molar-refractivity contribution in [3.63, 3.8) is 0 Å². The van der Waals surface area contributed by atoms with Crippen LogP contribution in [0.25, 0.3) is 0 Å². The zero-order valence-electron chi connectivity index (χ0n) is 12.8. The first kappa shape index (κ1) is 16.8. The quantitative estimate of drug-likeness (QED) is 0.860. The van der Waals surface area contributed by atoms with Gasteiger partial charge in [-0.1, -0.05) is 28.9 Å². The molecule has 2 rings (SSSR count). The van der Waals surface area contributed by atoms with Gasteiger partial charge >= 0.3 is 0 Å². The molecule has 1 saturated heterocycles. The summed E-state index contributed by atoms with van der Waals surface area (Å²) in [6, 6.07) is 6.62. The third kappa shape index (κ3) is 3.99. The van der Waals surface area contributed by atoms with Crippen molar-refractivity contribution in [1.82, 2.24) is 5.32 Å². The minimum absolute atomic E-state index is 0.0824. The van der Waals surface area contributed by atoms with Gasteiger partial charge in [0.05, 0.1) is 11.5 Å². The van der Waals surface area contributed by atoms with E-state index < -0.39 is 9.84 Å². The molecule has 0 radical (unpaired) electrons. The van der Waals surface area contributed by atoms with Crippen molar-refractivity contribution in [2.24, 2.45) is 0 Å². The standard InChI is InChI=1S/C15H23BrN2O2S/c1-4-17-11(2)14-6-5-12(9-15(14)16)18(3)13-7-8-21(19,20)10-13/h5-6,9,11,13,17H,4,7-8,10H2,1-3H3. The molecule has 1 heterocycles. The van der Waals surface area contributed by atoms with Gasteiger partial charge in [-0.2, -0.15) is 0 Å². The first-order chi connectivity index (χ1) is 9.84. The Bertz CT molecular complexity index is 604. The summed E-state index contributed by atoms with van der Waals surface area (Å²) in [5.41, 5.74) is 2.27. The van der Waals surface area contributed by atoms with Gasteiger partial charge in [0.2, 0.25) is 0 Å². The number of sulfone groups is 1. The smallest absolute Gasteiger partial charge is 0.152 e. The molecular weight excluding hydrogens is 352 g/mol. The molecule has 0 saturated carbocycles. The van der Waals surface area contributed by atoms with Crippen molar-refractivity contribution >= 4 is 31.5 Å². The minimum Gasteiger partial charge on any atom is -0.371 e. The molecule has 0 aromatic heterocycles. The van der Waals surface area contributed by atoms with Crippen molar-refractivity contribution < 1.29 is 8.42 Å². The van der Waals surface area contributed by atoms with Crippen LogP contribution in [0.1, 0.15) is 31.9 Å². The lowest BCUT2D eigenvalue weighted by Gasteiger charge is -2.26. The van der Waals surface area contributed by atoms with E-state index in [1.807, 2.05) is 7.05 Å². The van der Waals surface area contributed by atoms with Crippen molar-refractivity contribution in [2.75, 3.05) is 30.0 Å². The van der Waals surface area contributed by atoms with Gasteiger partial charge in [0.1, 0.15) is 0 Å². The van der Waals surface area contributed by atoms with Crippen LogP contribution >= 0.6 is 15.9 Å². The Morgan fingerprint density at radius 2 is 2.19 bits per heavy atom. The first-order valence-corrected chi connectivity index (χ1v) is 9.91. The fourth-order valence-electron chi connectivity index (χ4n) is 2.79. The molecule has 4 nitrogen and oxygen atoms in total. The fourth-order valence-corrected chi connectivity index (χ4v) is 5.28. The summed E-state index contributed by atoms with van der Waals surface area (Å²) in [5.74, 6) is 0.565. The van der Waals surface area contributed by atoms with Gasteiger partial charge in [-0.15, -0.1) is 0 Å². The van der Waals surface area contributed by atoms with Crippen LogP contribution in [0.15, 0.2) is 22.7 Å². The SMILES string of the molecule is CCNC(C)c1ccc(N(C)C2CCS(=O)(=O)C2)cc1Br. The highest BCUT2D eigenvalue weighted by atomic mass is 79.9. The molecule has 0 aliphatic carbocycles. The summed E-state index contributed by atoms with van der Waals surface area (Å²) in [4.78, 5) is 2.08. The van der Waals surface area contributed by atoms with Crippen LogP contribution in [-0.2, 0) is 9.84 Å². The number of hydrogen-bond acceptors (Lipinski definition) is 4. The normalized spacial score (nSPS) is 22.2. The second-order valence-corrected chi connectivity index (χ2v) is 8.74. The number of rotatable bonds is 5. The van der Waals surface area contributed by atoms with Crippen LogP contribution in [0.3, 0.4) is 0 Å². The Balaban J connectivity index is 2.16. The Kier molecular flexibility index (Phi) is 5.33. The maximum absolute atomic E-state index is 11.6. The predicted octanol–water partition coefficient (Wildman–Crippen LogP) is 2.74. The van der Waals surface area contributed by atoms with Gasteiger partial charge in [0.25, 0.3) is 0 Å². The van der Waals surface area contributed by atoms with E-state index in [1.165, 1.54) is 5.56 Å². The summed E-state index contributed by atoms with van der Waals surface area (Å²) in [6.07, 6.45) is 0.714. The van der Waals surface area contributed by atoms with Crippen LogP contribution in [0.5, 0.6) is 0 Å². The van der Waals surface area contributed by atoms with Crippen molar-refractivity contribution in [1.29, 1.82) is 0 Å². The molecule has 1 aliphatic heterocycles. The maximum atomic E-state index is 11.6. The van der Waals surface area contributed by atoms with Crippen LogP contribution in [0.4, 0.5) is 5.69 Å². The van der Waals surface area contributed by atoms with Gasteiger partial charge in [-0.25, -0.2) is 8.42 Å². The third-order valence-corrected chi connectivity index (χ3v) is 6.56. The summed E-state index contributed by atoms with van der Waals surface area (Å²) in [6.45, 7) is 5.15. The number of anilines is 1. The molecule has 2 unspecified atom stereocenters. The molecule has 118 valence electrons. The average molecular weight is 375 g/mol. The molecule has 1 N–H and O–H groups in total. The Hall–Kier alpha value is -0.590. The Morgan fingerprint density at radius 1 is 1.48 bits per heavy atom. The van der Waals surface area contributed by atoms with Gasteiger partial charge in [0, 0.05) is 29.3 Å². The largest absolute Gasteiger partial charge is 0.371 e. The highest BCUT2D eigenvalue weighted by Crippen LogP contribution is 2.30. The van der Waals surface area contributed by atoms with Crippen LogP contribution in [0.2, 0.25) is 0 Å². The molecule has 1 fully saturated rings. The second-order valence-electron chi connectivity index (χ2n) is 5.65. The highest BCUT2D eigenvalue weighted by molar-refractivity contribution is 9.10. The first-order valence-electron chi connectivity index (χ1n) is 7.30. The molecule has 6 heteroatoms. The lowest BCUT2D eigenvalue weighted by Crippen LogP contribution is -2.32. The average Bonchev–Trinajstić information content (AvgIpc) is 2.78. The zero-order valence-corrected chi connectivity index (χ0v) is 15.2.